The number of likely N-dealkylation sites (tertiary alicyclic amines) is 1. The molecule has 0 unspecified atom stereocenters. The minimum Gasteiger partial charge on any atom is -0.444 e. The van der Waals surface area contributed by atoms with Crippen molar-refractivity contribution in [3.63, 3.8) is 0 Å². The van der Waals surface area contributed by atoms with Gasteiger partial charge in [-0.1, -0.05) is 34.1 Å². The molecule has 1 aromatic carbocycles. The number of halogens is 1. The highest BCUT2D eigenvalue weighted by Crippen LogP contribution is 2.40. The number of nitrogens with one attached hydrogen (secondary N) is 1. The van der Waals surface area contributed by atoms with Crippen molar-refractivity contribution in [1.82, 2.24) is 10.2 Å². The Hall–Kier alpha value is -1.07. The highest BCUT2D eigenvalue weighted by molar-refractivity contribution is 9.10. The van der Waals surface area contributed by atoms with Gasteiger partial charge in [-0.05, 0) is 51.2 Å². The predicted octanol–water partition coefficient (Wildman–Crippen LogP) is 3.90. The summed E-state index contributed by atoms with van der Waals surface area (Å²) in [6.45, 7) is 7.21. The lowest BCUT2D eigenvalue weighted by molar-refractivity contribution is 0.00259. The normalized spacial score (nSPS) is 24.8. The maximum Gasteiger partial charge on any atom is 0.410 e. The van der Waals surface area contributed by atoms with Crippen LogP contribution >= 0.6 is 15.9 Å². The van der Waals surface area contributed by atoms with Crippen LogP contribution in [0.5, 0.6) is 0 Å². The molecule has 5 heteroatoms. The molecule has 1 N–H and O–H groups in total. The molecule has 1 aromatic rings. The van der Waals surface area contributed by atoms with Gasteiger partial charge in [0.25, 0.3) is 0 Å². The van der Waals surface area contributed by atoms with Crippen LogP contribution in [0.2, 0.25) is 0 Å². The number of carbonyl (C=O) groups excluding carboxylic acids is 1. The average molecular weight is 381 g/mol. The fraction of sp³-hybridized carbons (Fsp3) is 0.611. The summed E-state index contributed by atoms with van der Waals surface area (Å²) in [6.07, 6.45) is 2.15. The second-order valence-corrected chi connectivity index (χ2v) is 8.49. The van der Waals surface area contributed by atoms with Crippen LogP contribution in [0.1, 0.15) is 45.1 Å². The van der Waals surface area contributed by atoms with Crippen LogP contribution in [0.3, 0.4) is 0 Å². The molecule has 1 aliphatic carbocycles. The Balaban J connectivity index is 1.38. The topological polar surface area (TPSA) is 41.6 Å². The highest BCUT2D eigenvalue weighted by atomic mass is 79.9. The SMILES string of the molecule is CC(C)(C)OC(=O)N1CC(NC2CC(c3ccccc3Br)C2)C1. The lowest BCUT2D eigenvalue weighted by atomic mass is 9.75. The van der Waals surface area contributed by atoms with Crippen molar-refractivity contribution in [2.45, 2.75) is 57.2 Å². The van der Waals surface area contributed by atoms with E-state index >= 15 is 0 Å². The monoisotopic (exact) mass is 380 g/mol. The average Bonchev–Trinajstić information content (AvgIpc) is 2.34. The molecule has 23 heavy (non-hydrogen) atoms. The van der Waals surface area contributed by atoms with Gasteiger partial charge in [-0.15, -0.1) is 0 Å². The van der Waals surface area contributed by atoms with Crippen LogP contribution in [0.15, 0.2) is 28.7 Å². The standard InChI is InChI=1S/C18H25BrN2O2/c1-18(2,3)23-17(22)21-10-14(11-21)20-13-8-12(9-13)15-6-4-5-7-16(15)19/h4-7,12-14,20H,8-11H2,1-3H3. The Morgan fingerprint density at radius 2 is 1.87 bits per heavy atom. The van der Waals surface area contributed by atoms with Gasteiger partial charge in [0.15, 0.2) is 0 Å². The molecule has 0 radical (unpaired) electrons. The van der Waals surface area contributed by atoms with Crippen molar-refractivity contribution in [2.75, 3.05) is 13.1 Å². The van der Waals surface area contributed by atoms with E-state index in [0.717, 1.165) is 13.1 Å². The molecular weight excluding hydrogens is 356 g/mol. The zero-order valence-corrected chi connectivity index (χ0v) is 15.6. The van der Waals surface area contributed by atoms with Crippen molar-refractivity contribution >= 4 is 22.0 Å². The van der Waals surface area contributed by atoms with Gasteiger partial charge >= 0.3 is 6.09 Å². The largest absolute Gasteiger partial charge is 0.444 e. The van der Waals surface area contributed by atoms with E-state index in [1.54, 1.807) is 4.90 Å². The summed E-state index contributed by atoms with van der Waals surface area (Å²) >= 11 is 3.64. The fourth-order valence-electron chi connectivity index (χ4n) is 3.21. The van der Waals surface area contributed by atoms with E-state index in [1.165, 1.54) is 22.9 Å². The fourth-order valence-corrected chi connectivity index (χ4v) is 3.82. The third-order valence-electron chi connectivity index (χ3n) is 4.49. The van der Waals surface area contributed by atoms with Crippen molar-refractivity contribution in [3.8, 4) is 0 Å². The van der Waals surface area contributed by atoms with Gasteiger partial charge in [-0.3, -0.25) is 0 Å². The van der Waals surface area contributed by atoms with Crippen LogP contribution < -0.4 is 5.32 Å². The number of amides is 1. The first-order valence-electron chi connectivity index (χ1n) is 8.30. The molecule has 1 aliphatic heterocycles. The molecular formula is C18H25BrN2O2. The first kappa shape index (κ1) is 16.8. The molecule has 3 rings (SSSR count). The third kappa shape index (κ3) is 4.07. The van der Waals surface area contributed by atoms with E-state index < -0.39 is 5.60 Å². The lowest BCUT2D eigenvalue weighted by Crippen LogP contribution is -2.63. The number of ether oxygens (including phenoxy) is 1. The molecule has 126 valence electrons. The van der Waals surface area contributed by atoms with Gasteiger partial charge in [0.1, 0.15) is 5.60 Å². The van der Waals surface area contributed by atoms with Gasteiger partial charge in [0.05, 0.1) is 0 Å². The van der Waals surface area contributed by atoms with E-state index in [9.17, 15) is 4.79 Å². The Morgan fingerprint density at radius 3 is 2.48 bits per heavy atom. The number of nitrogens with zero attached hydrogens (tertiary/aromatic N) is 1. The van der Waals surface area contributed by atoms with Crippen LogP contribution in [-0.4, -0.2) is 41.8 Å². The zero-order valence-electron chi connectivity index (χ0n) is 14.0. The maximum absolute atomic E-state index is 11.9. The number of carbonyl (C=O) groups is 1. The quantitative estimate of drug-likeness (QED) is 0.864. The summed E-state index contributed by atoms with van der Waals surface area (Å²) in [6, 6.07) is 9.46. The molecule has 1 saturated carbocycles. The molecule has 1 saturated heterocycles. The lowest BCUT2D eigenvalue weighted by Gasteiger charge is -2.45. The summed E-state index contributed by atoms with van der Waals surface area (Å²) in [5.41, 5.74) is 0.995. The summed E-state index contributed by atoms with van der Waals surface area (Å²) < 4.78 is 6.59. The summed E-state index contributed by atoms with van der Waals surface area (Å²) in [7, 11) is 0. The van der Waals surface area contributed by atoms with Crippen LogP contribution in [-0.2, 0) is 4.74 Å². The zero-order chi connectivity index (χ0) is 16.6. The van der Waals surface area contributed by atoms with Gasteiger partial charge in [-0.25, -0.2) is 4.79 Å². The molecule has 2 fully saturated rings. The number of hydrogen-bond donors (Lipinski definition) is 1. The van der Waals surface area contributed by atoms with Crippen LogP contribution in [0.4, 0.5) is 4.79 Å². The molecule has 1 heterocycles. The van der Waals surface area contributed by atoms with Gasteiger partial charge in [0, 0.05) is 29.6 Å². The van der Waals surface area contributed by atoms with Gasteiger partial charge in [-0.2, -0.15) is 0 Å². The molecule has 4 nitrogen and oxygen atoms in total. The molecule has 0 spiro atoms. The van der Waals surface area contributed by atoms with Crippen molar-refractivity contribution in [3.05, 3.63) is 34.3 Å². The van der Waals surface area contributed by atoms with Crippen LogP contribution in [0.25, 0.3) is 0 Å². The predicted molar refractivity (Wildman–Crippen MR) is 94.6 cm³/mol. The van der Waals surface area contributed by atoms with Crippen molar-refractivity contribution in [1.29, 1.82) is 0 Å². The Bertz CT molecular complexity index is 573. The van der Waals surface area contributed by atoms with E-state index in [-0.39, 0.29) is 6.09 Å². The Labute approximate surface area is 146 Å². The second-order valence-electron chi connectivity index (χ2n) is 7.64. The minimum atomic E-state index is -0.417. The van der Waals surface area contributed by atoms with Crippen LogP contribution in [0, 0.1) is 0 Å². The van der Waals surface area contributed by atoms with E-state index in [1.807, 2.05) is 20.8 Å². The number of rotatable bonds is 3. The second kappa shape index (κ2) is 6.44. The van der Waals surface area contributed by atoms with E-state index in [2.05, 4.69) is 45.5 Å². The number of hydrogen-bond acceptors (Lipinski definition) is 3. The first-order valence-corrected chi connectivity index (χ1v) is 9.09. The highest BCUT2D eigenvalue weighted by Gasteiger charge is 2.38. The van der Waals surface area contributed by atoms with E-state index in [0.29, 0.717) is 18.0 Å². The molecule has 0 atom stereocenters. The molecule has 1 amide bonds. The third-order valence-corrected chi connectivity index (χ3v) is 5.21. The van der Waals surface area contributed by atoms with Crippen molar-refractivity contribution in [2.24, 2.45) is 0 Å². The molecule has 2 aliphatic rings. The summed E-state index contributed by atoms with van der Waals surface area (Å²) in [5, 5.41) is 3.65. The maximum atomic E-state index is 11.9. The summed E-state index contributed by atoms with van der Waals surface area (Å²) in [4.78, 5) is 13.7. The number of benzene rings is 1. The Morgan fingerprint density at radius 1 is 1.22 bits per heavy atom. The Kier molecular flexibility index (Phi) is 4.70. The van der Waals surface area contributed by atoms with E-state index in [4.69, 9.17) is 4.74 Å². The minimum absolute atomic E-state index is 0.199. The smallest absolute Gasteiger partial charge is 0.410 e. The summed E-state index contributed by atoms with van der Waals surface area (Å²) in [5.74, 6) is 0.644. The van der Waals surface area contributed by atoms with Gasteiger partial charge in [0.2, 0.25) is 0 Å². The molecule has 0 aromatic heterocycles. The molecule has 0 bridgehead atoms. The first-order chi connectivity index (χ1) is 10.8. The van der Waals surface area contributed by atoms with Gasteiger partial charge < -0.3 is 15.0 Å². The van der Waals surface area contributed by atoms with Crippen molar-refractivity contribution < 1.29 is 9.53 Å².